The Morgan fingerprint density at radius 3 is 1.92 bits per heavy atom. The molecule has 0 fully saturated rings. The molecular weight excluding hydrogens is 713 g/mol. The van der Waals surface area contributed by atoms with Gasteiger partial charge in [0.05, 0.1) is 11.0 Å². The number of hydrogen-bond acceptors (Lipinski definition) is 1. The number of fused-ring (bicyclic) bond motifs is 12. The van der Waals surface area contributed by atoms with Gasteiger partial charge in [0.15, 0.2) is 0 Å². The minimum atomic E-state index is -0.236. The Morgan fingerprint density at radius 1 is 0.508 bits per heavy atom. The summed E-state index contributed by atoms with van der Waals surface area (Å²) >= 11 is 0. The lowest BCUT2D eigenvalue weighted by Crippen LogP contribution is -2.52. The minimum Gasteiger partial charge on any atom is -0.376 e. The zero-order valence-corrected chi connectivity index (χ0v) is 35.3. The fourth-order valence-corrected chi connectivity index (χ4v) is 11.2. The number of aromatic nitrogens is 2. The zero-order chi connectivity index (χ0) is 40.3. The number of anilines is 2. The molecule has 286 valence electrons. The Balaban J connectivity index is 1.26. The molecule has 0 atom stereocenters. The van der Waals surface area contributed by atoms with Crippen LogP contribution < -0.4 is 10.4 Å². The standard InChI is InChI=1S/C55H48BN3/c1-53(2,3)33-25-27-36(28-26-33)58-46-32-34(54(4,5)6)31-41-37-21-16-22-40-48-45(30-29-44-47(48)39-20-13-15-24-43(39)57(44)35-17-10-9-11-18-35)59(50(37)40)56(49(41)46)52-51(58)38-19-12-14-23-42(38)55(52,7)8/h9-32H,1-8H3. The quantitative estimate of drug-likeness (QED) is 0.160. The molecule has 4 heteroatoms. The Kier molecular flexibility index (Phi) is 6.76. The largest absolute Gasteiger partial charge is 0.376 e. The van der Waals surface area contributed by atoms with Crippen LogP contribution in [0.5, 0.6) is 0 Å². The average molecular weight is 762 g/mol. The van der Waals surface area contributed by atoms with E-state index < -0.39 is 0 Å². The second-order valence-electron chi connectivity index (χ2n) is 19.8. The van der Waals surface area contributed by atoms with E-state index >= 15 is 0 Å². The lowest BCUT2D eigenvalue weighted by Gasteiger charge is -2.43. The van der Waals surface area contributed by atoms with Crippen molar-refractivity contribution in [2.45, 2.75) is 71.6 Å². The highest BCUT2D eigenvalue weighted by Crippen LogP contribution is 2.57. The van der Waals surface area contributed by atoms with Crippen LogP contribution in [-0.2, 0) is 16.2 Å². The predicted molar refractivity (Wildman–Crippen MR) is 252 cm³/mol. The summed E-state index contributed by atoms with van der Waals surface area (Å²) in [7, 11) is 0. The van der Waals surface area contributed by atoms with E-state index in [1.54, 1.807) is 0 Å². The fraction of sp³-hybridized carbons (Fsp3) is 0.200. The summed E-state index contributed by atoms with van der Waals surface area (Å²) in [5, 5.41) is 5.27. The molecule has 0 bridgehead atoms. The first-order valence-corrected chi connectivity index (χ1v) is 21.3. The maximum Gasteiger partial charge on any atom is 0.329 e. The van der Waals surface area contributed by atoms with Crippen LogP contribution in [0.15, 0.2) is 151 Å². The molecule has 9 aromatic rings. The number of allylic oxidation sites excluding steroid dienone is 1. The van der Waals surface area contributed by atoms with Crippen molar-refractivity contribution >= 4 is 73.0 Å². The number of hydrogen-bond donors (Lipinski definition) is 0. The van der Waals surface area contributed by atoms with Gasteiger partial charge in [0, 0.05) is 71.9 Å². The lowest BCUT2D eigenvalue weighted by atomic mass is 9.40. The first-order valence-electron chi connectivity index (χ1n) is 21.3. The molecule has 3 nitrogen and oxygen atoms in total. The van der Waals surface area contributed by atoms with Crippen LogP contribution in [0.3, 0.4) is 0 Å². The van der Waals surface area contributed by atoms with E-state index in [2.05, 4.69) is 215 Å². The van der Waals surface area contributed by atoms with Crippen LogP contribution >= 0.6 is 0 Å². The van der Waals surface area contributed by atoms with E-state index in [0.29, 0.717) is 0 Å². The molecule has 0 unspecified atom stereocenters. The second kappa shape index (κ2) is 11.5. The van der Waals surface area contributed by atoms with Gasteiger partial charge in [-0.2, -0.15) is 0 Å². The summed E-state index contributed by atoms with van der Waals surface area (Å²) in [6, 6.07) is 55.5. The van der Waals surface area contributed by atoms with Crippen molar-refractivity contribution in [2.24, 2.45) is 0 Å². The minimum absolute atomic E-state index is 0.00802. The van der Waals surface area contributed by atoms with Gasteiger partial charge in [-0.1, -0.05) is 152 Å². The Morgan fingerprint density at radius 2 is 1.15 bits per heavy atom. The summed E-state index contributed by atoms with van der Waals surface area (Å²) in [5.41, 5.74) is 20.9. The molecular formula is C55H48BN3. The van der Waals surface area contributed by atoms with Crippen molar-refractivity contribution in [1.29, 1.82) is 0 Å². The Bertz CT molecular complexity index is 3310. The highest BCUT2D eigenvalue weighted by atomic mass is 15.2. The molecule has 2 aromatic heterocycles. The van der Waals surface area contributed by atoms with E-state index in [0.717, 1.165) is 0 Å². The molecule has 59 heavy (non-hydrogen) atoms. The molecule has 12 rings (SSSR count). The number of para-hydroxylation sites is 3. The fourth-order valence-electron chi connectivity index (χ4n) is 11.2. The number of nitrogens with zero attached hydrogens (tertiary/aromatic N) is 3. The Labute approximate surface area is 347 Å². The van der Waals surface area contributed by atoms with Gasteiger partial charge >= 0.3 is 6.85 Å². The maximum absolute atomic E-state index is 2.76. The molecule has 0 saturated carbocycles. The van der Waals surface area contributed by atoms with Crippen molar-refractivity contribution in [1.82, 2.24) is 9.05 Å². The smallest absolute Gasteiger partial charge is 0.329 e. The van der Waals surface area contributed by atoms with Gasteiger partial charge in [-0.25, -0.2) is 0 Å². The molecule has 1 aliphatic carbocycles. The summed E-state index contributed by atoms with van der Waals surface area (Å²) in [4.78, 5) is 2.64. The van der Waals surface area contributed by atoms with Crippen molar-refractivity contribution in [3.05, 3.63) is 173 Å². The molecule has 4 heterocycles. The topological polar surface area (TPSA) is 13.1 Å². The summed E-state index contributed by atoms with van der Waals surface area (Å²) in [6.45, 7) is 18.9. The van der Waals surface area contributed by atoms with Crippen LogP contribution in [0.1, 0.15) is 77.6 Å². The molecule has 0 saturated heterocycles. The predicted octanol–water partition coefficient (Wildman–Crippen LogP) is 13.6. The third-order valence-corrected chi connectivity index (χ3v) is 14.0. The van der Waals surface area contributed by atoms with Crippen molar-refractivity contribution in [3.63, 3.8) is 0 Å². The number of rotatable bonds is 2. The highest BCUT2D eigenvalue weighted by molar-refractivity contribution is 6.85. The van der Waals surface area contributed by atoms with Gasteiger partial charge in [0.25, 0.3) is 0 Å². The molecule has 3 aliphatic rings. The van der Waals surface area contributed by atoms with E-state index in [1.807, 2.05) is 0 Å². The summed E-state index contributed by atoms with van der Waals surface area (Å²) in [6.07, 6.45) is 0. The summed E-state index contributed by atoms with van der Waals surface area (Å²) in [5.74, 6) is 0. The first-order chi connectivity index (χ1) is 28.3. The molecule has 0 amide bonds. The zero-order valence-electron chi connectivity index (χ0n) is 35.3. The summed E-state index contributed by atoms with van der Waals surface area (Å²) < 4.78 is 5.22. The SMILES string of the molecule is CC(C)(C)c1ccc(N2C3=C(B4c5c(cc(C(C)(C)C)cc52)-c2cccc5c6c7c8ccccc8n(-c8ccccc8)c7ccc6n4c25)C(C)(C)c2ccccc23)cc1. The van der Waals surface area contributed by atoms with Crippen molar-refractivity contribution in [2.75, 3.05) is 4.90 Å². The van der Waals surface area contributed by atoms with E-state index in [9.17, 15) is 0 Å². The van der Waals surface area contributed by atoms with Crippen molar-refractivity contribution < 1.29 is 0 Å². The van der Waals surface area contributed by atoms with Crippen LogP contribution in [0.25, 0.3) is 66.1 Å². The van der Waals surface area contributed by atoms with Gasteiger partial charge in [-0.15, -0.1) is 0 Å². The monoisotopic (exact) mass is 761 g/mol. The first kappa shape index (κ1) is 34.8. The lowest BCUT2D eigenvalue weighted by molar-refractivity contribution is 0.590. The third kappa shape index (κ3) is 4.50. The maximum atomic E-state index is 2.76. The molecule has 0 spiro atoms. The van der Waals surface area contributed by atoms with Crippen molar-refractivity contribution in [3.8, 4) is 16.8 Å². The van der Waals surface area contributed by atoms with Crippen LogP contribution in [0.4, 0.5) is 11.4 Å². The molecule has 2 aliphatic heterocycles. The van der Waals surface area contributed by atoms with Crippen LogP contribution in [0.2, 0.25) is 0 Å². The second-order valence-corrected chi connectivity index (χ2v) is 19.8. The van der Waals surface area contributed by atoms with Gasteiger partial charge < -0.3 is 13.9 Å². The van der Waals surface area contributed by atoms with Crippen LogP contribution in [-0.4, -0.2) is 15.9 Å². The molecule has 0 radical (unpaired) electrons. The van der Waals surface area contributed by atoms with Gasteiger partial charge in [-0.05, 0) is 92.5 Å². The number of benzene rings is 7. The Hall–Kier alpha value is -6.26. The van der Waals surface area contributed by atoms with Gasteiger partial charge in [0.2, 0.25) is 0 Å². The average Bonchev–Trinajstić information content (AvgIpc) is 3.83. The normalized spacial score (nSPS) is 15.5. The van der Waals surface area contributed by atoms with Gasteiger partial charge in [-0.3, -0.25) is 0 Å². The van der Waals surface area contributed by atoms with E-state index in [-0.39, 0.29) is 23.1 Å². The molecule has 0 N–H and O–H groups in total. The van der Waals surface area contributed by atoms with Crippen LogP contribution in [0, 0.1) is 0 Å². The highest BCUT2D eigenvalue weighted by Gasteiger charge is 2.53. The van der Waals surface area contributed by atoms with E-state index in [4.69, 9.17) is 0 Å². The van der Waals surface area contributed by atoms with Gasteiger partial charge in [0.1, 0.15) is 0 Å². The third-order valence-electron chi connectivity index (χ3n) is 14.0. The molecule has 7 aromatic carbocycles. The van der Waals surface area contributed by atoms with E-state index in [1.165, 1.54) is 111 Å².